The molecule has 86 valence electrons. The van der Waals surface area contributed by atoms with Crippen molar-refractivity contribution in [2.24, 2.45) is 0 Å². The number of aromatic hydroxyl groups is 1. The van der Waals surface area contributed by atoms with Crippen molar-refractivity contribution in [3.8, 4) is 5.75 Å². The van der Waals surface area contributed by atoms with Gasteiger partial charge in [0.25, 0.3) is 5.75 Å². The molecule has 2 aromatic rings. The molecule has 0 aliphatic heterocycles. The molecule has 0 atom stereocenters. The van der Waals surface area contributed by atoms with Crippen molar-refractivity contribution in [2.75, 3.05) is 0 Å². The van der Waals surface area contributed by atoms with Crippen molar-refractivity contribution in [2.45, 2.75) is 0 Å². The number of hydrogen-bond donors (Lipinski definition) is 1. The lowest BCUT2D eigenvalue weighted by molar-refractivity contribution is -0.394. The molecule has 7 heteroatoms. The zero-order chi connectivity index (χ0) is 12.6. The van der Waals surface area contributed by atoms with Crippen LogP contribution < -0.4 is 0 Å². The van der Waals surface area contributed by atoms with Crippen LogP contribution in [0.25, 0.3) is 10.8 Å². The van der Waals surface area contributed by atoms with E-state index in [1.165, 1.54) is 12.1 Å². The zero-order valence-corrected chi connectivity index (χ0v) is 8.36. The fourth-order valence-electron chi connectivity index (χ4n) is 1.63. The van der Waals surface area contributed by atoms with Gasteiger partial charge < -0.3 is 5.11 Å². The Morgan fingerprint density at radius 2 is 1.71 bits per heavy atom. The first-order chi connectivity index (χ1) is 8.02. The third kappa shape index (κ3) is 1.63. The van der Waals surface area contributed by atoms with E-state index < -0.39 is 27.0 Å². The average molecular weight is 234 g/mol. The van der Waals surface area contributed by atoms with Crippen LogP contribution >= 0.6 is 0 Å². The highest BCUT2D eigenvalue weighted by molar-refractivity contribution is 5.96. The fraction of sp³-hybridized carbons (Fsp3) is 0. The first-order valence-electron chi connectivity index (χ1n) is 4.56. The van der Waals surface area contributed by atoms with Crippen LogP contribution in [0.2, 0.25) is 0 Å². The highest BCUT2D eigenvalue weighted by Crippen LogP contribution is 2.41. The Kier molecular flexibility index (Phi) is 2.36. The van der Waals surface area contributed by atoms with Crippen LogP contribution in [0.1, 0.15) is 0 Å². The second-order valence-corrected chi connectivity index (χ2v) is 3.33. The molecule has 0 unspecified atom stereocenters. The van der Waals surface area contributed by atoms with E-state index in [-0.39, 0.29) is 5.39 Å². The molecule has 0 aliphatic rings. The second kappa shape index (κ2) is 3.71. The van der Waals surface area contributed by atoms with Crippen molar-refractivity contribution >= 4 is 22.1 Å². The summed E-state index contributed by atoms with van der Waals surface area (Å²) >= 11 is 0. The summed E-state index contributed by atoms with van der Waals surface area (Å²) in [6, 6.07) is 7.21. The summed E-state index contributed by atoms with van der Waals surface area (Å²) in [6.45, 7) is 0. The zero-order valence-electron chi connectivity index (χ0n) is 8.36. The highest BCUT2D eigenvalue weighted by atomic mass is 16.6. The van der Waals surface area contributed by atoms with Gasteiger partial charge in [-0.25, -0.2) is 0 Å². The molecule has 0 bridgehead atoms. The van der Waals surface area contributed by atoms with Gasteiger partial charge in [0, 0.05) is 6.07 Å². The van der Waals surface area contributed by atoms with E-state index in [0.717, 1.165) is 6.07 Å². The quantitative estimate of drug-likeness (QED) is 0.633. The van der Waals surface area contributed by atoms with Crippen LogP contribution in [0.5, 0.6) is 5.75 Å². The monoisotopic (exact) mass is 234 g/mol. The molecule has 0 aliphatic carbocycles. The molecule has 0 aromatic heterocycles. The van der Waals surface area contributed by atoms with Gasteiger partial charge in [0.15, 0.2) is 0 Å². The van der Waals surface area contributed by atoms with Crippen LogP contribution in [0, 0.1) is 20.2 Å². The van der Waals surface area contributed by atoms with Crippen LogP contribution in [0.15, 0.2) is 30.3 Å². The van der Waals surface area contributed by atoms with Crippen LogP contribution in [0.3, 0.4) is 0 Å². The summed E-state index contributed by atoms with van der Waals surface area (Å²) in [5, 5.41) is 31.5. The largest absolute Gasteiger partial charge is 0.497 e. The van der Waals surface area contributed by atoms with E-state index in [2.05, 4.69) is 0 Å². The molecule has 0 radical (unpaired) electrons. The van der Waals surface area contributed by atoms with Crippen molar-refractivity contribution < 1.29 is 15.0 Å². The highest BCUT2D eigenvalue weighted by Gasteiger charge is 2.28. The van der Waals surface area contributed by atoms with Gasteiger partial charge in [0.05, 0.1) is 15.2 Å². The number of phenols is 1. The number of hydrogen-bond acceptors (Lipinski definition) is 5. The standard InChI is InChI=1S/C10H6N2O5/c13-10-8(11(14)15)5-6-3-1-2-4-7(6)9(10)12(16)17/h1-5,13H. The molecule has 2 aromatic carbocycles. The number of nitrogens with zero attached hydrogens (tertiary/aromatic N) is 2. The lowest BCUT2D eigenvalue weighted by Crippen LogP contribution is -1.95. The molecule has 1 N–H and O–H groups in total. The Balaban J connectivity index is 2.95. The lowest BCUT2D eigenvalue weighted by atomic mass is 10.1. The summed E-state index contributed by atoms with van der Waals surface area (Å²) in [6.07, 6.45) is 0. The first kappa shape index (κ1) is 10.8. The van der Waals surface area contributed by atoms with Gasteiger partial charge in [-0.15, -0.1) is 0 Å². The maximum atomic E-state index is 10.8. The molecule has 0 spiro atoms. The predicted molar refractivity (Wildman–Crippen MR) is 58.9 cm³/mol. The van der Waals surface area contributed by atoms with Gasteiger partial charge in [-0.1, -0.05) is 18.2 Å². The Morgan fingerprint density at radius 1 is 1.06 bits per heavy atom. The minimum absolute atomic E-state index is 0.167. The van der Waals surface area contributed by atoms with Gasteiger partial charge in [-0.05, 0) is 11.5 Å². The SMILES string of the molecule is O=[N+]([O-])c1cc2ccccc2c([N+](=O)[O-])c1O. The van der Waals surface area contributed by atoms with Gasteiger partial charge in [-0.2, -0.15) is 0 Å². The molecular formula is C10H6N2O5. The number of nitro benzene ring substituents is 2. The first-order valence-corrected chi connectivity index (χ1v) is 4.56. The molecule has 7 nitrogen and oxygen atoms in total. The number of benzene rings is 2. The average Bonchev–Trinajstić information content (AvgIpc) is 2.27. The van der Waals surface area contributed by atoms with E-state index in [1.54, 1.807) is 12.1 Å². The van der Waals surface area contributed by atoms with Gasteiger partial charge in [-0.3, -0.25) is 20.2 Å². The van der Waals surface area contributed by atoms with Crippen LogP contribution in [-0.4, -0.2) is 15.0 Å². The Labute approximate surface area is 94.2 Å². The number of nitro groups is 2. The summed E-state index contributed by atoms with van der Waals surface area (Å²) in [5.74, 6) is -0.918. The molecule has 0 saturated heterocycles. The topological polar surface area (TPSA) is 107 Å². The Bertz CT molecular complexity index is 638. The molecule has 0 heterocycles. The van der Waals surface area contributed by atoms with Gasteiger partial charge in [0.2, 0.25) is 0 Å². The van der Waals surface area contributed by atoms with Crippen molar-refractivity contribution in [1.29, 1.82) is 0 Å². The lowest BCUT2D eigenvalue weighted by Gasteiger charge is -2.02. The Morgan fingerprint density at radius 3 is 2.29 bits per heavy atom. The summed E-state index contributed by atoms with van der Waals surface area (Å²) in [7, 11) is 0. The summed E-state index contributed by atoms with van der Waals surface area (Å²) < 4.78 is 0. The molecule has 0 saturated carbocycles. The summed E-state index contributed by atoms with van der Waals surface area (Å²) in [4.78, 5) is 19.8. The molecule has 0 fully saturated rings. The smallest absolute Gasteiger partial charge is 0.325 e. The van der Waals surface area contributed by atoms with Crippen molar-refractivity contribution in [3.63, 3.8) is 0 Å². The number of rotatable bonds is 2. The Hall–Kier alpha value is -2.70. The van der Waals surface area contributed by atoms with Gasteiger partial charge in [0.1, 0.15) is 0 Å². The van der Waals surface area contributed by atoms with E-state index in [9.17, 15) is 25.3 Å². The number of fused-ring (bicyclic) bond motifs is 1. The molecule has 2 rings (SSSR count). The van der Waals surface area contributed by atoms with E-state index in [4.69, 9.17) is 0 Å². The van der Waals surface area contributed by atoms with E-state index >= 15 is 0 Å². The molecular weight excluding hydrogens is 228 g/mol. The van der Waals surface area contributed by atoms with Crippen LogP contribution in [-0.2, 0) is 0 Å². The third-order valence-corrected chi connectivity index (χ3v) is 2.35. The van der Waals surface area contributed by atoms with Gasteiger partial charge >= 0.3 is 11.4 Å². The minimum atomic E-state index is -0.918. The fourth-order valence-corrected chi connectivity index (χ4v) is 1.63. The summed E-state index contributed by atoms with van der Waals surface area (Å²) in [5.41, 5.74) is -1.31. The normalized spacial score (nSPS) is 10.4. The van der Waals surface area contributed by atoms with Crippen LogP contribution in [0.4, 0.5) is 11.4 Å². The minimum Gasteiger partial charge on any atom is -0.497 e. The third-order valence-electron chi connectivity index (χ3n) is 2.35. The van der Waals surface area contributed by atoms with Crippen molar-refractivity contribution in [3.05, 3.63) is 50.6 Å². The maximum absolute atomic E-state index is 10.8. The predicted octanol–water partition coefficient (Wildman–Crippen LogP) is 2.36. The van der Waals surface area contributed by atoms with Crippen molar-refractivity contribution in [1.82, 2.24) is 0 Å². The van der Waals surface area contributed by atoms with E-state index in [0.29, 0.717) is 5.39 Å². The van der Waals surface area contributed by atoms with E-state index in [1.807, 2.05) is 0 Å². The second-order valence-electron chi connectivity index (χ2n) is 3.33. The maximum Gasteiger partial charge on any atom is 0.325 e. The molecule has 17 heavy (non-hydrogen) atoms. The molecule has 0 amide bonds. The number of phenolic OH excluding ortho intramolecular Hbond substituents is 1.